The minimum atomic E-state index is -3.62. The maximum atomic E-state index is 13.5. The number of nitrogens with one attached hydrogen (secondary N) is 3. The first-order chi connectivity index (χ1) is 15.5. The van der Waals surface area contributed by atoms with Gasteiger partial charge < -0.3 is 5.32 Å². The summed E-state index contributed by atoms with van der Waals surface area (Å²) in [6.07, 6.45) is 2.14. The van der Waals surface area contributed by atoms with Crippen LogP contribution in [0.3, 0.4) is 0 Å². The number of imide groups is 1. The Kier molecular flexibility index (Phi) is 6.77. The number of fused-ring (bicyclic) bond motifs is 1. The molecular weight excluding hydrogens is 444 g/mol. The van der Waals surface area contributed by atoms with E-state index in [1.165, 1.54) is 4.90 Å². The highest BCUT2D eigenvalue weighted by Crippen LogP contribution is 2.40. The first kappa shape index (κ1) is 24.4. The lowest BCUT2D eigenvalue weighted by molar-refractivity contribution is -0.137. The van der Waals surface area contributed by atoms with E-state index in [1.807, 2.05) is 38.0 Å². The number of urea groups is 1. The van der Waals surface area contributed by atoms with Gasteiger partial charge in [0.2, 0.25) is 15.9 Å². The minimum absolute atomic E-state index is 0.136. The van der Waals surface area contributed by atoms with Crippen LogP contribution >= 0.6 is 0 Å². The zero-order valence-electron chi connectivity index (χ0n) is 19.9. The summed E-state index contributed by atoms with van der Waals surface area (Å²) in [7, 11) is 2.13. The maximum Gasteiger partial charge on any atom is 0.324 e. The largest absolute Gasteiger partial charge is 0.333 e. The third-order valence-corrected chi connectivity index (χ3v) is 9.19. The van der Waals surface area contributed by atoms with Crippen molar-refractivity contribution in [2.45, 2.75) is 49.4 Å². The molecule has 2 saturated carbocycles. The smallest absolute Gasteiger partial charge is 0.324 e. The van der Waals surface area contributed by atoms with Crippen LogP contribution in [-0.2, 0) is 14.8 Å². The first-order valence-corrected chi connectivity index (χ1v) is 13.2. The van der Waals surface area contributed by atoms with Gasteiger partial charge in [0.15, 0.2) is 0 Å². The van der Waals surface area contributed by atoms with Crippen molar-refractivity contribution in [3.05, 3.63) is 0 Å². The molecule has 0 aromatic carbocycles. The number of carbonyl (C=O) groups is 2. The second-order valence-electron chi connectivity index (χ2n) is 10.6. The summed E-state index contributed by atoms with van der Waals surface area (Å²) in [6.45, 7) is 4.18. The van der Waals surface area contributed by atoms with Crippen LogP contribution in [0.2, 0.25) is 0 Å². The van der Waals surface area contributed by atoms with Crippen molar-refractivity contribution in [3.8, 4) is 11.8 Å². The molecule has 3 amide bonds. The van der Waals surface area contributed by atoms with Crippen molar-refractivity contribution >= 4 is 22.0 Å². The van der Waals surface area contributed by atoms with Crippen LogP contribution in [0.25, 0.3) is 0 Å². The van der Waals surface area contributed by atoms with Gasteiger partial charge in [0.05, 0.1) is 23.8 Å². The van der Waals surface area contributed by atoms with Crippen LogP contribution in [0.15, 0.2) is 0 Å². The molecule has 2 aliphatic heterocycles. The molecule has 5 unspecified atom stereocenters. The average molecular weight is 481 g/mol. The Morgan fingerprint density at radius 3 is 2.58 bits per heavy atom. The summed E-state index contributed by atoms with van der Waals surface area (Å²) in [5.41, 5.74) is 2.82. The molecule has 4 rings (SSSR count). The Labute approximate surface area is 196 Å². The lowest BCUT2D eigenvalue weighted by atomic mass is 9.75. The highest BCUT2D eigenvalue weighted by Gasteiger charge is 2.52. The fourth-order valence-corrected chi connectivity index (χ4v) is 7.00. The predicted octanol–water partition coefficient (Wildman–Crippen LogP) is -0.595. The van der Waals surface area contributed by atoms with E-state index in [1.54, 1.807) is 0 Å². The molecule has 11 heteroatoms. The lowest BCUT2D eigenvalue weighted by Gasteiger charge is -2.45. The van der Waals surface area contributed by atoms with Gasteiger partial charge in [-0.25, -0.2) is 22.9 Å². The van der Waals surface area contributed by atoms with Crippen molar-refractivity contribution in [2.75, 3.05) is 47.3 Å². The Hall–Kier alpha value is -1.71. The highest BCUT2D eigenvalue weighted by atomic mass is 32.2. The summed E-state index contributed by atoms with van der Waals surface area (Å²) in [4.78, 5) is 29.6. The Morgan fingerprint density at radius 2 is 1.97 bits per heavy atom. The van der Waals surface area contributed by atoms with Crippen LogP contribution < -0.4 is 15.5 Å². The molecule has 0 aromatic rings. The molecule has 10 nitrogen and oxygen atoms in total. The van der Waals surface area contributed by atoms with E-state index in [2.05, 4.69) is 27.3 Å². The summed E-state index contributed by atoms with van der Waals surface area (Å²) in [5, 5.41) is 4.24. The maximum absolute atomic E-state index is 13.5. The molecular formula is C22H36N6O4S. The van der Waals surface area contributed by atoms with E-state index < -0.39 is 39.2 Å². The van der Waals surface area contributed by atoms with Gasteiger partial charge >= 0.3 is 6.03 Å². The molecule has 2 heterocycles. The zero-order valence-corrected chi connectivity index (χ0v) is 20.7. The van der Waals surface area contributed by atoms with Crippen molar-refractivity contribution < 1.29 is 18.0 Å². The van der Waals surface area contributed by atoms with Gasteiger partial charge in [-0.3, -0.25) is 20.0 Å². The number of carbonyl (C=O) groups excluding carboxylic acids is 2. The molecule has 5 atom stereocenters. The van der Waals surface area contributed by atoms with E-state index >= 15 is 0 Å². The van der Waals surface area contributed by atoms with Crippen molar-refractivity contribution in [3.63, 3.8) is 0 Å². The quantitative estimate of drug-likeness (QED) is 0.435. The highest BCUT2D eigenvalue weighted by molar-refractivity contribution is 7.90. The second-order valence-corrected chi connectivity index (χ2v) is 12.6. The molecule has 0 spiro atoms. The molecule has 2 saturated heterocycles. The molecule has 33 heavy (non-hydrogen) atoms. The standard InChI is InChI=1S/C22H36N6O4S/c1-22(7-8-22)25-33(31,32)17-10-16(6-5-9-26(2)3)19-18(11-17)20(29)28(21(30)24-19)14-15-12-23-27(4)13-15/h15-19,23,25H,7-14H2,1-4H3,(H,24,30). The van der Waals surface area contributed by atoms with Crippen molar-refractivity contribution in [1.82, 2.24) is 30.3 Å². The third kappa shape index (κ3) is 5.52. The molecule has 0 aromatic heterocycles. The summed E-state index contributed by atoms with van der Waals surface area (Å²) in [6, 6.07) is -0.872. The van der Waals surface area contributed by atoms with E-state index in [9.17, 15) is 18.0 Å². The zero-order chi connectivity index (χ0) is 24.0. The van der Waals surface area contributed by atoms with Gasteiger partial charge in [0.1, 0.15) is 0 Å². The van der Waals surface area contributed by atoms with Gasteiger partial charge in [0, 0.05) is 44.1 Å². The van der Waals surface area contributed by atoms with Gasteiger partial charge in [-0.05, 0) is 46.7 Å². The third-order valence-electron chi connectivity index (χ3n) is 7.15. The van der Waals surface area contributed by atoms with Gasteiger partial charge in [-0.2, -0.15) is 0 Å². The number of hydrogen-bond acceptors (Lipinski definition) is 7. The monoisotopic (exact) mass is 480 g/mol. The summed E-state index contributed by atoms with van der Waals surface area (Å²) in [5.74, 6) is 5.13. The van der Waals surface area contributed by atoms with Gasteiger partial charge in [0.25, 0.3) is 0 Å². The minimum Gasteiger partial charge on any atom is -0.333 e. The fourth-order valence-electron chi connectivity index (χ4n) is 5.02. The van der Waals surface area contributed by atoms with Crippen LogP contribution in [0.5, 0.6) is 0 Å². The van der Waals surface area contributed by atoms with E-state index in [0.717, 1.165) is 19.4 Å². The topological polar surface area (TPSA) is 114 Å². The average Bonchev–Trinajstić information content (AvgIpc) is 3.29. The number of rotatable bonds is 6. The van der Waals surface area contributed by atoms with Gasteiger partial charge in [-0.1, -0.05) is 11.8 Å². The molecule has 4 aliphatic rings. The van der Waals surface area contributed by atoms with E-state index in [-0.39, 0.29) is 23.8 Å². The van der Waals surface area contributed by atoms with Crippen molar-refractivity contribution in [1.29, 1.82) is 0 Å². The molecule has 3 N–H and O–H groups in total. The fraction of sp³-hybridized carbons (Fsp3) is 0.818. The van der Waals surface area contributed by atoms with Gasteiger partial charge in [-0.15, -0.1) is 0 Å². The van der Waals surface area contributed by atoms with Crippen LogP contribution in [0.4, 0.5) is 4.79 Å². The Balaban J connectivity index is 1.56. The van der Waals surface area contributed by atoms with E-state index in [4.69, 9.17) is 0 Å². The molecule has 2 aliphatic carbocycles. The van der Waals surface area contributed by atoms with E-state index in [0.29, 0.717) is 26.1 Å². The number of hydrogen-bond donors (Lipinski definition) is 3. The normalized spacial score (nSPS) is 34.0. The number of nitrogens with zero attached hydrogens (tertiary/aromatic N) is 3. The lowest BCUT2D eigenvalue weighted by Crippen LogP contribution is -2.65. The Morgan fingerprint density at radius 1 is 1.24 bits per heavy atom. The second kappa shape index (κ2) is 9.15. The Bertz CT molecular complexity index is 954. The van der Waals surface area contributed by atoms with Crippen LogP contribution in [0.1, 0.15) is 32.6 Å². The number of hydrazine groups is 1. The SMILES string of the molecule is CN(C)CC#CC1CC(S(=O)(=O)NC2(C)CC2)CC2C(=O)N(CC3CNN(C)C3)C(=O)NC12. The molecule has 0 radical (unpaired) electrons. The summed E-state index contributed by atoms with van der Waals surface area (Å²) >= 11 is 0. The van der Waals surface area contributed by atoms with Crippen LogP contribution in [0, 0.1) is 29.6 Å². The van der Waals surface area contributed by atoms with Crippen LogP contribution in [-0.4, -0.2) is 99.3 Å². The summed E-state index contributed by atoms with van der Waals surface area (Å²) < 4.78 is 29.3. The number of amides is 3. The molecule has 0 bridgehead atoms. The first-order valence-electron chi connectivity index (χ1n) is 11.7. The molecule has 184 valence electrons. The molecule has 4 fully saturated rings. The van der Waals surface area contributed by atoms with Crippen molar-refractivity contribution in [2.24, 2.45) is 17.8 Å². The number of sulfonamides is 1. The predicted molar refractivity (Wildman–Crippen MR) is 124 cm³/mol.